The van der Waals surface area contributed by atoms with E-state index in [-0.39, 0.29) is 36.7 Å². The van der Waals surface area contributed by atoms with Crippen molar-refractivity contribution in [3.05, 3.63) is 34.2 Å². The second kappa shape index (κ2) is 9.48. The Morgan fingerprint density at radius 2 is 2.42 bits per heavy atom. The van der Waals surface area contributed by atoms with Crippen LogP contribution in [-0.2, 0) is 14.3 Å². The Bertz CT molecular complexity index is 591. The molecule has 0 saturated carbocycles. The number of aliphatic hydroxyl groups excluding tert-OH is 1. The lowest BCUT2D eigenvalue weighted by Gasteiger charge is -2.36. The van der Waals surface area contributed by atoms with Crippen LogP contribution in [0.3, 0.4) is 0 Å². The van der Waals surface area contributed by atoms with Crippen LogP contribution in [0.2, 0.25) is 0 Å². The van der Waals surface area contributed by atoms with Gasteiger partial charge in [0, 0.05) is 25.0 Å². The van der Waals surface area contributed by atoms with Gasteiger partial charge in [-0.05, 0) is 48.2 Å². The molecule has 1 amide bonds. The van der Waals surface area contributed by atoms with Gasteiger partial charge in [-0.2, -0.15) is 11.3 Å². The zero-order valence-corrected chi connectivity index (χ0v) is 14.6. The maximum atomic E-state index is 12.2. The molecule has 0 unspecified atom stereocenters. The summed E-state index contributed by atoms with van der Waals surface area (Å²) in [6.07, 6.45) is 7.91. The third-order valence-electron chi connectivity index (χ3n) is 3.91. The number of carbonyl (C=O) groups excluding carboxylic acids is 1. The van der Waals surface area contributed by atoms with Crippen molar-refractivity contribution in [2.75, 3.05) is 19.8 Å². The van der Waals surface area contributed by atoms with Gasteiger partial charge in [0.2, 0.25) is 6.29 Å². The molecule has 3 atom stereocenters. The van der Waals surface area contributed by atoms with Gasteiger partial charge >= 0.3 is 0 Å². The highest BCUT2D eigenvalue weighted by molar-refractivity contribution is 7.08. The van der Waals surface area contributed by atoms with Crippen molar-refractivity contribution in [2.24, 2.45) is 5.92 Å². The maximum Gasteiger partial charge on any atom is 0.286 e. The van der Waals surface area contributed by atoms with E-state index in [2.05, 4.69) is 16.6 Å². The van der Waals surface area contributed by atoms with Crippen LogP contribution in [0.4, 0.5) is 0 Å². The fraction of sp³-hybridized carbons (Fsp3) is 0.500. The molecule has 0 fully saturated rings. The lowest BCUT2D eigenvalue weighted by atomic mass is 9.81. The molecular formula is C18H23NO4S. The number of nitrogens with one attached hydrogen (secondary N) is 1. The van der Waals surface area contributed by atoms with Gasteiger partial charge in [0.25, 0.3) is 5.91 Å². The first-order valence-corrected chi connectivity index (χ1v) is 9.00. The molecule has 0 aliphatic carbocycles. The Morgan fingerprint density at radius 1 is 1.58 bits per heavy atom. The summed E-state index contributed by atoms with van der Waals surface area (Å²) in [7, 11) is 0. The first-order valence-electron chi connectivity index (χ1n) is 8.06. The Morgan fingerprint density at radius 3 is 3.04 bits per heavy atom. The second-order valence-electron chi connectivity index (χ2n) is 5.47. The van der Waals surface area contributed by atoms with Crippen molar-refractivity contribution in [3.8, 4) is 12.3 Å². The number of terminal acetylenes is 1. The topological polar surface area (TPSA) is 67.8 Å². The molecule has 0 saturated heterocycles. The lowest BCUT2D eigenvalue weighted by Crippen LogP contribution is -2.39. The van der Waals surface area contributed by atoms with Gasteiger partial charge in [0.15, 0.2) is 5.76 Å². The molecule has 1 aromatic heterocycles. The number of ether oxygens (including phenoxy) is 2. The quantitative estimate of drug-likeness (QED) is 0.707. The van der Waals surface area contributed by atoms with Gasteiger partial charge in [-0.15, -0.1) is 6.42 Å². The third-order valence-corrected chi connectivity index (χ3v) is 4.62. The van der Waals surface area contributed by atoms with Crippen molar-refractivity contribution in [1.29, 1.82) is 0 Å². The van der Waals surface area contributed by atoms with Gasteiger partial charge in [-0.25, -0.2) is 0 Å². The van der Waals surface area contributed by atoms with E-state index in [4.69, 9.17) is 15.9 Å². The van der Waals surface area contributed by atoms with E-state index >= 15 is 0 Å². The van der Waals surface area contributed by atoms with E-state index in [1.807, 2.05) is 24.4 Å². The van der Waals surface area contributed by atoms with Crippen molar-refractivity contribution >= 4 is 17.2 Å². The van der Waals surface area contributed by atoms with Gasteiger partial charge in [-0.1, -0.05) is 5.92 Å². The molecular weight excluding hydrogens is 326 g/mol. The summed E-state index contributed by atoms with van der Waals surface area (Å²) in [4.78, 5) is 12.2. The first-order chi connectivity index (χ1) is 11.7. The molecule has 0 aromatic carbocycles. The van der Waals surface area contributed by atoms with Crippen molar-refractivity contribution < 1.29 is 19.4 Å². The maximum absolute atomic E-state index is 12.2. The highest BCUT2D eigenvalue weighted by Gasteiger charge is 2.37. The number of rotatable bonds is 8. The van der Waals surface area contributed by atoms with Crippen LogP contribution in [0, 0.1) is 18.3 Å². The van der Waals surface area contributed by atoms with Crippen molar-refractivity contribution in [3.63, 3.8) is 0 Å². The molecule has 0 bridgehead atoms. The van der Waals surface area contributed by atoms with Gasteiger partial charge in [-0.3, -0.25) is 4.79 Å². The van der Waals surface area contributed by atoms with Crippen molar-refractivity contribution in [2.45, 2.75) is 32.0 Å². The first kappa shape index (κ1) is 18.5. The van der Waals surface area contributed by atoms with Crippen LogP contribution in [0.25, 0.3) is 0 Å². The summed E-state index contributed by atoms with van der Waals surface area (Å²) in [5.41, 5.74) is 1.12. The summed E-state index contributed by atoms with van der Waals surface area (Å²) in [5.74, 6) is 2.32. The van der Waals surface area contributed by atoms with Gasteiger partial charge in [0.1, 0.15) is 0 Å². The van der Waals surface area contributed by atoms with E-state index in [1.54, 1.807) is 11.3 Å². The normalized spacial score (nSPS) is 23.0. The van der Waals surface area contributed by atoms with Gasteiger partial charge in [0.05, 0.1) is 6.54 Å². The van der Waals surface area contributed by atoms with E-state index < -0.39 is 6.29 Å². The number of carbonyl (C=O) groups is 1. The Hall–Kier alpha value is -1.81. The summed E-state index contributed by atoms with van der Waals surface area (Å²) >= 11 is 1.61. The Balaban J connectivity index is 2.30. The number of hydrogen-bond donors (Lipinski definition) is 2. The predicted molar refractivity (Wildman–Crippen MR) is 93.3 cm³/mol. The Kier molecular flexibility index (Phi) is 7.32. The average molecular weight is 349 g/mol. The largest absolute Gasteiger partial charge is 0.459 e. The molecule has 1 aliphatic rings. The minimum absolute atomic E-state index is 0.000291. The molecule has 24 heavy (non-hydrogen) atoms. The van der Waals surface area contributed by atoms with Crippen LogP contribution >= 0.6 is 11.3 Å². The molecule has 0 radical (unpaired) electrons. The monoisotopic (exact) mass is 349 g/mol. The van der Waals surface area contributed by atoms with E-state index in [0.717, 1.165) is 12.0 Å². The number of aliphatic hydroxyl groups is 1. The summed E-state index contributed by atoms with van der Waals surface area (Å²) in [5, 5.41) is 15.9. The van der Waals surface area contributed by atoms with Crippen LogP contribution in [0.1, 0.15) is 31.2 Å². The van der Waals surface area contributed by atoms with Crippen molar-refractivity contribution in [1.82, 2.24) is 5.32 Å². The highest BCUT2D eigenvalue weighted by Crippen LogP contribution is 2.39. The second-order valence-corrected chi connectivity index (χ2v) is 6.25. The zero-order chi connectivity index (χ0) is 17.4. The number of hydrogen-bond acceptors (Lipinski definition) is 5. The standard InChI is InChI=1S/C18H23NO4S/c1-3-8-19-17(21)16-11-15(13-7-10-24-12-13)14(6-5-9-20)18(23-16)22-4-2/h1,7,10-12,14-15,18,20H,4-6,8-9H2,2H3,(H,19,21)/t14-,15-,18-/m1/s1. The average Bonchev–Trinajstić information content (AvgIpc) is 3.12. The molecule has 5 nitrogen and oxygen atoms in total. The third kappa shape index (κ3) is 4.60. The smallest absolute Gasteiger partial charge is 0.286 e. The molecule has 2 heterocycles. The molecule has 6 heteroatoms. The van der Waals surface area contributed by atoms with Gasteiger partial charge < -0.3 is 19.9 Å². The fourth-order valence-electron chi connectivity index (χ4n) is 2.83. The number of allylic oxidation sites excluding steroid dienone is 1. The Labute approximate surface area is 146 Å². The predicted octanol–water partition coefficient (Wildman–Crippen LogP) is 2.25. The summed E-state index contributed by atoms with van der Waals surface area (Å²) in [6.45, 7) is 2.64. The summed E-state index contributed by atoms with van der Waals surface area (Å²) < 4.78 is 11.5. The van der Waals surface area contributed by atoms with Crippen LogP contribution in [-0.4, -0.2) is 37.1 Å². The lowest BCUT2D eigenvalue weighted by molar-refractivity contribution is -0.166. The molecule has 1 aliphatic heterocycles. The zero-order valence-electron chi connectivity index (χ0n) is 13.7. The molecule has 130 valence electrons. The molecule has 1 aromatic rings. The SMILES string of the molecule is C#CCNC(=O)C1=C[C@H](c2ccsc2)[C@@H](CCCO)[C@H](OCC)O1. The van der Waals surface area contributed by atoms with E-state index in [0.29, 0.717) is 13.0 Å². The fourth-order valence-corrected chi connectivity index (χ4v) is 3.54. The van der Waals surface area contributed by atoms with E-state index in [9.17, 15) is 9.90 Å². The minimum Gasteiger partial charge on any atom is -0.459 e. The molecule has 2 rings (SSSR count). The number of thiophene rings is 1. The molecule has 0 spiro atoms. The van der Waals surface area contributed by atoms with Crippen LogP contribution in [0.15, 0.2) is 28.7 Å². The molecule has 2 N–H and O–H groups in total. The highest BCUT2D eigenvalue weighted by atomic mass is 32.1. The minimum atomic E-state index is -0.525. The number of amides is 1. The summed E-state index contributed by atoms with van der Waals surface area (Å²) in [6, 6.07) is 2.04. The van der Waals surface area contributed by atoms with E-state index in [1.165, 1.54) is 0 Å². The van der Waals surface area contributed by atoms with Crippen LogP contribution in [0.5, 0.6) is 0 Å². The van der Waals surface area contributed by atoms with Crippen LogP contribution < -0.4 is 5.32 Å².